The van der Waals surface area contributed by atoms with E-state index in [4.69, 9.17) is 21.9 Å². The van der Waals surface area contributed by atoms with Gasteiger partial charge >= 0.3 is 5.97 Å². The van der Waals surface area contributed by atoms with Crippen LogP contribution in [0.5, 0.6) is 0 Å². The monoisotopic (exact) mass is 1210 g/mol. The number of hydrogen-bond donors (Lipinski definition) is 15. The number of esters is 1. The summed E-state index contributed by atoms with van der Waals surface area (Å²) in [5, 5.41) is 53.1. The highest BCUT2D eigenvalue weighted by molar-refractivity contribution is 7.98. The van der Waals surface area contributed by atoms with Crippen LogP contribution < -0.4 is 59.7 Å². The van der Waals surface area contributed by atoms with Gasteiger partial charge in [-0.3, -0.25) is 43.2 Å². The minimum absolute atomic E-state index is 0.0363. The van der Waals surface area contributed by atoms with Crippen LogP contribution in [-0.2, 0) is 65.5 Å². The topological polar surface area (TPSA) is 431 Å². The van der Waals surface area contributed by atoms with Gasteiger partial charge in [-0.1, -0.05) is 103 Å². The van der Waals surface area contributed by atoms with Crippen molar-refractivity contribution in [1.29, 1.82) is 0 Å². The van der Waals surface area contributed by atoms with Gasteiger partial charge in [-0.15, -0.1) is 0 Å². The first-order valence-corrected chi connectivity index (χ1v) is 30.0. The summed E-state index contributed by atoms with van der Waals surface area (Å²) in [6.45, 7) is 13.0. The van der Waals surface area contributed by atoms with Gasteiger partial charge in [-0.2, -0.15) is 11.8 Å². The third kappa shape index (κ3) is 22.3. The van der Waals surface area contributed by atoms with Gasteiger partial charge in [-0.05, 0) is 87.0 Å². The van der Waals surface area contributed by atoms with E-state index in [0.29, 0.717) is 24.2 Å². The zero-order valence-corrected chi connectivity index (χ0v) is 51.0. The van der Waals surface area contributed by atoms with Crippen molar-refractivity contribution in [3.63, 3.8) is 0 Å². The van der Waals surface area contributed by atoms with Crippen LogP contribution in [0.3, 0.4) is 0 Å². The first-order chi connectivity index (χ1) is 40.1. The predicted molar refractivity (Wildman–Crippen MR) is 320 cm³/mol. The molecular weight excluding hydrogens is 1120 g/mol. The van der Waals surface area contributed by atoms with E-state index in [1.807, 2.05) is 30.5 Å². The Bertz CT molecular complexity index is 2710. The highest BCUT2D eigenvalue weighted by atomic mass is 32.2. The maximum atomic E-state index is 14.2. The number of hydrogen-bond acceptors (Lipinski definition) is 17. The minimum atomic E-state index is -1.79. The molecule has 0 saturated heterocycles. The Morgan fingerprint density at radius 2 is 1.05 bits per heavy atom. The average Bonchev–Trinajstić information content (AvgIpc) is 3.79. The second-order valence-corrected chi connectivity index (χ2v) is 23.0. The Morgan fingerprint density at radius 3 is 1.58 bits per heavy atom. The number of carbonyl (C=O) groups is 10. The number of benzene rings is 2. The molecule has 27 heteroatoms. The van der Waals surface area contributed by atoms with Crippen LogP contribution in [0.2, 0.25) is 0 Å². The second kappa shape index (κ2) is 35.3. The van der Waals surface area contributed by atoms with Crippen LogP contribution in [0.25, 0.3) is 10.9 Å². The molecule has 0 bridgehead atoms. The van der Waals surface area contributed by atoms with E-state index in [0.717, 1.165) is 16.5 Å². The third-order valence-electron chi connectivity index (χ3n) is 14.6. The Morgan fingerprint density at radius 1 is 0.576 bits per heavy atom. The maximum absolute atomic E-state index is 14.2. The fourth-order valence-electron chi connectivity index (χ4n) is 8.92. The van der Waals surface area contributed by atoms with E-state index in [1.165, 1.54) is 32.5 Å². The molecule has 0 spiro atoms. The molecule has 0 aliphatic rings. The van der Waals surface area contributed by atoms with Crippen LogP contribution in [0.4, 0.5) is 0 Å². The summed E-state index contributed by atoms with van der Waals surface area (Å²) in [6, 6.07) is 1.87. The molecule has 1 aromatic heterocycles. The maximum Gasteiger partial charge on any atom is 0.331 e. The van der Waals surface area contributed by atoms with Crippen molar-refractivity contribution in [1.82, 2.24) is 47.5 Å². The van der Waals surface area contributed by atoms with Gasteiger partial charge < -0.3 is 84.8 Å². The van der Waals surface area contributed by atoms with Gasteiger partial charge in [-0.25, -0.2) is 4.79 Å². The fraction of sp³-hybridized carbons (Fsp3) is 0.586. The number of H-pyrrole nitrogens is 1. The number of ether oxygens (including phenoxy) is 1. The van der Waals surface area contributed by atoms with Crippen LogP contribution in [0, 0.1) is 17.8 Å². The van der Waals surface area contributed by atoms with Gasteiger partial charge in [0.25, 0.3) is 0 Å². The number of nitrogens with two attached hydrogens (primary N) is 3. The minimum Gasteiger partial charge on any atom is -0.459 e. The van der Waals surface area contributed by atoms with Crippen LogP contribution in [-0.4, -0.2) is 177 Å². The molecule has 0 aliphatic carbocycles. The van der Waals surface area contributed by atoms with Crippen LogP contribution >= 0.6 is 11.8 Å². The average molecular weight is 1210 g/mol. The van der Waals surface area contributed by atoms with E-state index in [1.54, 1.807) is 78.1 Å². The molecule has 0 saturated carbocycles. The van der Waals surface area contributed by atoms with Crippen molar-refractivity contribution in [3.8, 4) is 0 Å². The molecule has 3 aromatic rings. The standard InChI is InChI=1S/C58H90N12O14S/c1-11-30(5)45(55(80)66-43(28-71)58(83)84-34(9)44(60)53(78)68-46(31(6)12-2)54(79)63-40(49(61)74)22-23-85-10)67-51(76)41(24-29(3)4)65-56(81)47(32(7)72)70-57(82)48(33(8)73)69-52(77)42(25-35-18-14-13-15-19-35)64-50(75)38(59)26-36-27-62-39-21-17-16-20-37(36)39/h13-21,27,29-34,38,40-48,62,71-73H,11-12,22-26,28,59-60H2,1-10H3,(H2,61,74)(H,63,79)(H,64,75)(H,65,81)(H,66,80)(H,67,76)(H,68,78)(H,69,77)(H,70,82)/t30-,31-,32+,33+,34+,38-,40-,41-,42-,43-,44-,45-,46-,47-,48-/m0/s1. The summed E-state index contributed by atoms with van der Waals surface area (Å²) in [4.78, 5) is 139. The van der Waals surface area contributed by atoms with Crippen molar-refractivity contribution < 1.29 is 68.0 Å². The van der Waals surface area contributed by atoms with E-state index in [-0.39, 0.29) is 31.6 Å². The highest BCUT2D eigenvalue weighted by Crippen LogP contribution is 2.20. The summed E-state index contributed by atoms with van der Waals surface area (Å²) in [6.07, 6.45) is -0.0567. The van der Waals surface area contributed by atoms with Gasteiger partial charge in [0.2, 0.25) is 53.2 Å². The summed E-state index contributed by atoms with van der Waals surface area (Å²) in [5.74, 6) is -9.95. The summed E-state index contributed by atoms with van der Waals surface area (Å²) in [7, 11) is 0. The number of aromatic nitrogens is 1. The number of rotatable bonds is 36. The lowest BCUT2D eigenvalue weighted by atomic mass is 9.96. The van der Waals surface area contributed by atoms with Gasteiger partial charge in [0, 0.05) is 23.5 Å². The van der Waals surface area contributed by atoms with E-state index >= 15 is 0 Å². The summed E-state index contributed by atoms with van der Waals surface area (Å²) >= 11 is 1.45. The Hall–Kier alpha value is -7.17. The quantitative estimate of drug-likeness (QED) is 0.0296. The van der Waals surface area contributed by atoms with Crippen molar-refractivity contribution >= 4 is 81.8 Å². The number of para-hydroxylation sites is 1. The number of nitrogens with one attached hydrogen (secondary N) is 9. The van der Waals surface area contributed by atoms with Crippen LogP contribution in [0.1, 0.15) is 99.1 Å². The number of thioether (sulfide) groups is 1. The molecular formula is C58H90N12O14S. The molecule has 1 heterocycles. The molecule has 2 aromatic carbocycles. The molecule has 18 N–H and O–H groups in total. The smallest absolute Gasteiger partial charge is 0.331 e. The first kappa shape index (κ1) is 72.1. The molecule has 26 nitrogen and oxygen atoms in total. The highest BCUT2D eigenvalue weighted by Gasteiger charge is 2.39. The lowest BCUT2D eigenvalue weighted by molar-refractivity contribution is -0.156. The number of aliphatic hydroxyl groups excluding tert-OH is 3. The summed E-state index contributed by atoms with van der Waals surface area (Å²) in [5.41, 5.74) is 20.3. The SMILES string of the molecule is CC[C@H](C)[C@H](NC(=O)[C@H](CC(C)C)NC(=O)[C@@H](NC(=O)[C@@H](NC(=O)[C@H](Cc1ccccc1)NC(=O)[C@@H](N)Cc1c[nH]c2ccccc12)[C@@H](C)O)[C@@H](C)O)C(=O)N[C@@H](CO)C(=O)O[C@H](C)[C@H](N)C(=O)N[C@H](C(=O)N[C@@H](CCSC)C(N)=O)[C@@H](C)CC. The number of carbonyl (C=O) groups excluding carboxylic acids is 10. The fourth-order valence-corrected chi connectivity index (χ4v) is 9.39. The van der Waals surface area contributed by atoms with Crippen molar-refractivity contribution in [2.45, 2.75) is 180 Å². The molecule has 15 atom stereocenters. The number of primary amides is 1. The molecule has 3 rings (SSSR count). The van der Waals surface area contributed by atoms with Crippen LogP contribution in [0.15, 0.2) is 60.8 Å². The molecule has 0 fully saturated rings. The lowest BCUT2D eigenvalue weighted by Crippen LogP contribution is -2.63. The van der Waals surface area contributed by atoms with E-state index < -0.39 is 156 Å². The van der Waals surface area contributed by atoms with Gasteiger partial charge in [0.15, 0.2) is 6.04 Å². The molecule has 472 valence electrons. The number of aromatic amines is 1. The van der Waals surface area contributed by atoms with E-state index in [9.17, 15) is 63.3 Å². The normalized spacial score (nSPS) is 16.8. The summed E-state index contributed by atoms with van der Waals surface area (Å²) < 4.78 is 5.42. The second-order valence-electron chi connectivity index (χ2n) is 22.0. The van der Waals surface area contributed by atoms with E-state index in [2.05, 4.69) is 47.5 Å². The number of aliphatic hydroxyl groups is 3. The Balaban J connectivity index is 1.75. The van der Waals surface area contributed by atoms with Crippen molar-refractivity contribution in [3.05, 3.63) is 71.9 Å². The molecule has 0 aliphatic heterocycles. The first-order valence-electron chi connectivity index (χ1n) is 28.6. The molecule has 9 amide bonds. The molecule has 0 unspecified atom stereocenters. The van der Waals surface area contributed by atoms with Gasteiger partial charge in [0.1, 0.15) is 54.4 Å². The Kier molecular flexibility index (Phi) is 30.0. The zero-order valence-electron chi connectivity index (χ0n) is 50.1. The molecule has 85 heavy (non-hydrogen) atoms. The lowest BCUT2D eigenvalue weighted by Gasteiger charge is -2.30. The molecule has 0 radical (unpaired) electrons. The van der Waals surface area contributed by atoms with Crippen molar-refractivity contribution in [2.24, 2.45) is 35.0 Å². The number of fused-ring (bicyclic) bond motifs is 1. The van der Waals surface area contributed by atoms with Crippen molar-refractivity contribution in [2.75, 3.05) is 18.6 Å². The predicted octanol–water partition coefficient (Wildman–Crippen LogP) is -1.45. The van der Waals surface area contributed by atoms with Gasteiger partial charge in [0.05, 0.1) is 24.9 Å². The number of amides is 9. The Labute approximate surface area is 500 Å². The zero-order chi connectivity index (χ0) is 63.8. The third-order valence-corrected chi connectivity index (χ3v) is 15.2. The largest absolute Gasteiger partial charge is 0.459 e.